The van der Waals surface area contributed by atoms with E-state index >= 15 is 0 Å². The number of aromatic nitrogens is 1. The number of rotatable bonds is 4. The minimum absolute atomic E-state index is 0.0632. The average Bonchev–Trinajstić information content (AvgIpc) is 2.77. The van der Waals surface area contributed by atoms with Crippen LogP contribution >= 0.6 is 11.3 Å². The summed E-state index contributed by atoms with van der Waals surface area (Å²) in [5, 5.41) is 7.33. The van der Waals surface area contributed by atoms with Gasteiger partial charge in [-0.3, -0.25) is 4.79 Å². The maximum atomic E-state index is 11.1. The smallest absolute Gasteiger partial charge is 0.268 e. The number of primary amides is 1. The molecule has 2 rings (SSSR count). The Hall–Kier alpha value is -1.77. The molecular weight excluding hydrogens is 286 g/mol. The summed E-state index contributed by atoms with van der Waals surface area (Å²) in [5.74, 6) is -0.563. The Morgan fingerprint density at radius 1 is 1.26 bits per heavy atom. The highest BCUT2D eigenvalue weighted by Gasteiger charge is 2.09. The third-order valence-corrected chi connectivity index (χ3v) is 4.19. The van der Waals surface area contributed by atoms with Gasteiger partial charge >= 0.3 is 0 Å². The first kappa shape index (κ1) is 13.7. The molecule has 0 saturated carbocycles. The maximum Gasteiger partial charge on any atom is 0.268 e. The molecule has 0 aliphatic rings. The quantitative estimate of drug-likeness (QED) is 0.853. The van der Waals surface area contributed by atoms with Gasteiger partial charge in [-0.1, -0.05) is 12.1 Å². The highest BCUT2D eigenvalue weighted by Crippen LogP contribution is 2.16. The van der Waals surface area contributed by atoms with E-state index in [1.807, 2.05) is 0 Å². The Bertz CT molecular complexity index is 705. The fourth-order valence-electron chi connectivity index (χ4n) is 1.48. The van der Waals surface area contributed by atoms with Crippen LogP contribution in [0.3, 0.4) is 0 Å². The molecule has 100 valence electrons. The van der Waals surface area contributed by atoms with Crippen molar-refractivity contribution in [1.82, 2.24) is 4.98 Å². The second kappa shape index (κ2) is 5.08. The molecule has 1 aromatic heterocycles. The number of hydrogen-bond acceptors (Lipinski definition) is 5. The lowest BCUT2D eigenvalue weighted by Crippen LogP contribution is -2.12. The van der Waals surface area contributed by atoms with E-state index in [4.69, 9.17) is 10.9 Å². The lowest BCUT2D eigenvalue weighted by atomic mass is 10.2. The zero-order chi connectivity index (χ0) is 14.0. The number of thiazole rings is 1. The fraction of sp³-hybridized carbons (Fsp3) is 0.0909. The molecule has 1 aromatic carbocycles. The van der Waals surface area contributed by atoms with Gasteiger partial charge in [0.25, 0.3) is 5.91 Å². The number of benzene rings is 1. The molecule has 0 bridgehead atoms. The van der Waals surface area contributed by atoms with E-state index in [2.05, 4.69) is 4.98 Å². The summed E-state index contributed by atoms with van der Waals surface area (Å²) in [6.07, 6.45) is 0.503. The summed E-state index contributed by atoms with van der Waals surface area (Å²) in [7, 11) is -3.67. The number of nitrogens with two attached hydrogens (primary N) is 2. The second-order valence-corrected chi connectivity index (χ2v) is 6.36. The number of primary sulfonamides is 1. The summed E-state index contributed by atoms with van der Waals surface area (Å²) >= 11 is 1.33. The second-order valence-electron chi connectivity index (χ2n) is 3.86. The van der Waals surface area contributed by atoms with Crippen molar-refractivity contribution < 1.29 is 13.2 Å². The Morgan fingerprint density at radius 2 is 1.89 bits per heavy atom. The number of nitrogens with zero attached hydrogens (tertiary/aromatic N) is 1. The molecule has 19 heavy (non-hydrogen) atoms. The molecule has 0 spiro atoms. The van der Waals surface area contributed by atoms with Crippen LogP contribution in [0.15, 0.2) is 34.5 Å². The minimum Gasteiger partial charge on any atom is -0.364 e. The molecule has 0 fully saturated rings. The summed E-state index contributed by atoms with van der Waals surface area (Å²) in [4.78, 5) is 15.0. The highest BCUT2D eigenvalue weighted by atomic mass is 32.2. The summed E-state index contributed by atoms with van der Waals surface area (Å²) in [5.41, 5.74) is 6.22. The van der Waals surface area contributed by atoms with Crippen molar-refractivity contribution in [2.24, 2.45) is 10.9 Å². The molecular formula is C11H11N3O3S2. The zero-order valence-electron chi connectivity index (χ0n) is 9.74. The zero-order valence-corrected chi connectivity index (χ0v) is 11.4. The van der Waals surface area contributed by atoms with Gasteiger partial charge in [0.2, 0.25) is 10.0 Å². The van der Waals surface area contributed by atoms with Crippen LogP contribution in [-0.4, -0.2) is 19.3 Å². The number of carbonyl (C=O) groups excluding carboxylic acids is 1. The van der Waals surface area contributed by atoms with E-state index in [1.165, 1.54) is 23.5 Å². The topological polar surface area (TPSA) is 116 Å². The van der Waals surface area contributed by atoms with E-state index in [0.29, 0.717) is 6.42 Å². The largest absolute Gasteiger partial charge is 0.364 e. The monoisotopic (exact) mass is 297 g/mol. The minimum atomic E-state index is -3.67. The van der Waals surface area contributed by atoms with Crippen molar-refractivity contribution in [3.05, 3.63) is 45.9 Å². The van der Waals surface area contributed by atoms with Crippen molar-refractivity contribution in [3.8, 4) is 0 Å². The Labute approximate surface area is 114 Å². The van der Waals surface area contributed by atoms with E-state index < -0.39 is 15.9 Å². The van der Waals surface area contributed by atoms with Gasteiger partial charge in [-0.2, -0.15) is 0 Å². The number of hydrogen-bond donors (Lipinski definition) is 2. The third-order valence-electron chi connectivity index (χ3n) is 2.41. The van der Waals surface area contributed by atoms with Crippen LogP contribution < -0.4 is 10.9 Å². The SMILES string of the molecule is NC(=O)c1csc(Cc2ccc(S(N)(=O)=O)cc2)n1. The molecule has 6 nitrogen and oxygen atoms in total. The molecule has 0 saturated heterocycles. The Morgan fingerprint density at radius 3 is 2.37 bits per heavy atom. The molecule has 0 aliphatic carbocycles. The fourth-order valence-corrected chi connectivity index (χ4v) is 2.81. The number of sulfonamides is 1. The van der Waals surface area contributed by atoms with Gasteiger partial charge in [0.05, 0.1) is 9.90 Å². The van der Waals surface area contributed by atoms with E-state index in [0.717, 1.165) is 10.6 Å². The van der Waals surface area contributed by atoms with Crippen molar-refractivity contribution in [1.29, 1.82) is 0 Å². The molecule has 2 aromatic rings. The Balaban J connectivity index is 2.17. The van der Waals surface area contributed by atoms with Crippen LogP contribution in [-0.2, 0) is 16.4 Å². The lowest BCUT2D eigenvalue weighted by Gasteiger charge is -2.00. The number of amides is 1. The van der Waals surface area contributed by atoms with Gasteiger partial charge < -0.3 is 5.73 Å². The molecule has 1 amide bonds. The summed E-state index contributed by atoms with van der Waals surface area (Å²) in [6, 6.07) is 6.19. The van der Waals surface area contributed by atoms with Crippen molar-refractivity contribution in [3.63, 3.8) is 0 Å². The molecule has 1 heterocycles. The average molecular weight is 297 g/mol. The van der Waals surface area contributed by atoms with Gasteiger partial charge in [0, 0.05) is 11.8 Å². The molecule has 0 unspecified atom stereocenters. The van der Waals surface area contributed by atoms with Crippen LogP contribution in [0.2, 0.25) is 0 Å². The van der Waals surface area contributed by atoms with Crippen LogP contribution in [0.5, 0.6) is 0 Å². The Kier molecular flexibility index (Phi) is 3.65. The molecule has 0 aliphatic heterocycles. The van der Waals surface area contributed by atoms with E-state index in [1.54, 1.807) is 17.5 Å². The van der Waals surface area contributed by atoms with Crippen LogP contribution in [0, 0.1) is 0 Å². The van der Waals surface area contributed by atoms with Gasteiger partial charge in [-0.15, -0.1) is 11.3 Å². The van der Waals surface area contributed by atoms with Gasteiger partial charge in [-0.25, -0.2) is 18.5 Å². The summed E-state index contributed by atoms with van der Waals surface area (Å²) < 4.78 is 22.2. The van der Waals surface area contributed by atoms with Crippen molar-refractivity contribution in [2.45, 2.75) is 11.3 Å². The number of carbonyl (C=O) groups is 1. The predicted molar refractivity (Wildman–Crippen MR) is 71.3 cm³/mol. The van der Waals surface area contributed by atoms with Gasteiger partial charge in [0.1, 0.15) is 5.69 Å². The standard InChI is InChI=1S/C11H11N3O3S2/c12-11(15)9-6-18-10(14-9)5-7-1-3-8(4-2-7)19(13,16)17/h1-4,6H,5H2,(H2,12,15)(H2,13,16,17). The van der Waals surface area contributed by atoms with Gasteiger partial charge in [0.15, 0.2) is 0 Å². The normalized spacial score (nSPS) is 11.4. The van der Waals surface area contributed by atoms with Crippen molar-refractivity contribution >= 4 is 27.3 Å². The lowest BCUT2D eigenvalue weighted by molar-refractivity contribution is 0.0996. The highest BCUT2D eigenvalue weighted by molar-refractivity contribution is 7.89. The van der Waals surface area contributed by atoms with Crippen LogP contribution in [0.4, 0.5) is 0 Å². The van der Waals surface area contributed by atoms with Crippen LogP contribution in [0.1, 0.15) is 21.1 Å². The third kappa shape index (κ3) is 3.37. The maximum absolute atomic E-state index is 11.1. The summed E-state index contributed by atoms with van der Waals surface area (Å²) in [6.45, 7) is 0. The first-order chi connectivity index (χ1) is 8.86. The molecule has 4 N–H and O–H groups in total. The first-order valence-corrected chi connectivity index (χ1v) is 7.65. The van der Waals surface area contributed by atoms with Gasteiger partial charge in [-0.05, 0) is 17.7 Å². The molecule has 0 atom stereocenters. The molecule has 0 radical (unpaired) electrons. The first-order valence-electron chi connectivity index (χ1n) is 5.22. The van der Waals surface area contributed by atoms with E-state index in [9.17, 15) is 13.2 Å². The predicted octanol–water partition coefficient (Wildman–Crippen LogP) is 0.480. The molecule has 8 heteroatoms. The van der Waals surface area contributed by atoms with Crippen LogP contribution in [0.25, 0.3) is 0 Å². The van der Waals surface area contributed by atoms with E-state index in [-0.39, 0.29) is 10.6 Å². The van der Waals surface area contributed by atoms with Crippen molar-refractivity contribution in [2.75, 3.05) is 0 Å².